The Morgan fingerprint density at radius 3 is 2.41 bits per heavy atom. The molecule has 0 aliphatic carbocycles. The molecule has 8 heteroatoms. The van der Waals surface area contributed by atoms with E-state index in [1.807, 2.05) is 19.1 Å². The number of hydrogen-bond donors (Lipinski definition) is 1. The summed E-state index contributed by atoms with van der Waals surface area (Å²) < 4.78 is 4.57. The Kier molecular flexibility index (Phi) is 6.20. The Morgan fingerprint density at radius 1 is 1.22 bits per heavy atom. The van der Waals surface area contributed by atoms with Gasteiger partial charge in [0.2, 0.25) is 5.91 Å². The van der Waals surface area contributed by atoms with Gasteiger partial charge in [0.15, 0.2) is 0 Å². The van der Waals surface area contributed by atoms with Crippen molar-refractivity contribution in [1.82, 2.24) is 15.1 Å². The normalized spacial score (nSPS) is 19.0. The van der Waals surface area contributed by atoms with E-state index in [1.54, 1.807) is 26.0 Å². The number of amides is 4. The minimum Gasteiger partial charge on any atom is -0.469 e. The molecule has 8 nitrogen and oxygen atoms in total. The van der Waals surface area contributed by atoms with E-state index in [9.17, 15) is 19.2 Å². The first-order valence-corrected chi connectivity index (χ1v) is 8.78. The molecule has 27 heavy (non-hydrogen) atoms. The van der Waals surface area contributed by atoms with Gasteiger partial charge >= 0.3 is 12.0 Å². The number of hydrogen-bond acceptors (Lipinski definition) is 5. The predicted octanol–water partition coefficient (Wildman–Crippen LogP) is 1.17. The van der Waals surface area contributed by atoms with Crippen LogP contribution in [0.4, 0.5) is 4.79 Å². The number of methoxy groups -OCH3 is 1. The molecule has 1 N–H and O–H groups in total. The first-order chi connectivity index (χ1) is 12.7. The molecule has 1 saturated heterocycles. The molecule has 1 aliphatic rings. The summed E-state index contributed by atoms with van der Waals surface area (Å²) in [6, 6.07) is 6.68. The Morgan fingerprint density at radius 2 is 1.85 bits per heavy atom. The fraction of sp³-hybridized carbons (Fsp3) is 0.474. The maximum atomic E-state index is 12.9. The molecule has 1 atom stereocenters. The summed E-state index contributed by atoms with van der Waals surface area (Å²) in [5, 5.41) is 2.68. The highest BCUT2D eigenvalue weighted by Gasteiger charge is 2.49. The van der Waals surface area contributed by atoms with Crippen LogP contribution in [-0.2, 0) is 24.7 Å². The van der Waals surface area contributed by atoms with Crippen LogP contribution in [0.3, 0.4) is 0 Å². The van der Waals surface area contributed by atoms with Gasteiger partial charge < -0.3 is 15.0 Å². The summed E-state index contributed by atoms with van der Waals surface area (Å²) in [4.78, 5) is 51.4. The molecule has 1 aromatic carbocycles. The molecular formula is C19H25N3O5. The van der Waals surface area contributed by atoms with E-state index >= 15 is 0 Å². The molecular weight excluding hydrogens is 350 g/mol. The number of rotatable bonds is 7. The number of urea groups is 1. The number of imide groups is 1. The van der Waals surface area contributed by atoms with E-state index < -0.39 is 29.4 Å². The Labute approximate surface area is 158 Å². The highest BCUT2D eigenvalue weighted by atomic mass is 16.5. The van der Waals surface area contributed by atoms with Gasteiger partial charge in [0.05, 0.1) is 13.5 Å². The van der Waals surface area contributed by atoms with Crippen LogP contribution in [0.15, 0.2) is 24.3 Å². The molecule has 0 saturated carbocycles. The average molecular weight is 375 g/mol. The second-order valence-corrected chi connectivity index (χ2v) is 6.61. The Balaban J connectivity index is 2.11. The van der Waals surface area contributed by atoms with Crippen LogP contribution in [0, 0.1) is 6.92 Å². The van der Waals surface area contributed by atoms with Crippen molar-refractivity contribution in [3.05, 3.63) is 35.4 Å². The lowest BCUT2D eigenvalue weighted by molar-refractivity contribution is -0.143. The van der Waals surface area contributed by atoms with E-state index in [-0.39, 0.29) is 19.5 Å². The van der Waals surface area contributed by atoms with Crippen LogP contribution in [0.5, 0.6) is 0 Å². The maximum absolute atomic E-state index is 12.9. The molecule has 1 fully saturated rings. The van der Waals surface area contributed by atoms with Gasteiger partial charge in [-0.3, -0.25) is 19.3 Å². The van der Waals surface area contributed by atoms with Gasteiger partial charge in [0, 0.05) is 13.1 Å². The number of carbonyl (C=O) groups excluding carboxylic acids is 4. The van der Waals surface area contributed by atoms with Crippen molar-refractivity contribution in [2.24, 2.45) is 0 Å². The molecule has 1 heterocycles. The molecule has 146 valence electrons. The zero-order valence-electron chi connectivity index (χ0n) is 16.1. The predicted molar refractivity (Wildman–Crippen MR) is 97.7 cm³/mol. The summed E-state index contributed by atoms with van der Waals surface area (Å²) in [5.74, 6) is -1.31. The van der Waals surface area contributed by atoms with E-state index in [0.717, 1.165) is 10.5 Å². The van der Waals surface area contributed by atoms with E-state index in [2.05, 4.69) is 10.1 Å². The number of esters is 1. The van der Waals surface area contributed by atoms with Crippen LogP contribution >= 0.6 is 0 Å². The summed E-state index contributed by atoms with van der Waals surface area (Å²) in [5.41, 5.74) is 0.475. The van der Waals surface area contributed by atoms with E-state index in [1.165, 1.54) is 12.0 Å². The number of likely N-dealkylation sites (N-methyl/N-ethyl adjacent to an activating group) is 1. The van der Waals surface area contributed by atoms with E-state index in [4.69, 9.17) is 0 Å². The quantitative estimate of drug-likeness (QED) is 0.570. The van der Waals surface area contributed by atoms with Crippen LogP contribution < -0.4 is 5.32 Å². The smallest absolute Gasteiger partial charge is 0.325 e. The molecule has 2 rings (SSSR count). The second-order valence-electron chi connectivity index (χ2n) is 6.61. The lowest BCUT2D eigenvalue weighted by Gasteiger charge is -2.24. The summed E-state index contributed by atoms with van der Waals surface area (Å²) >= 11 is 0. The molecule has 1 aliphatic heterocycles. The molecule has 4 amide bonds. The highest BCUT2D eigenvalue weighted by molar-refractivity contribution is 6.09. The van der Waals surface area contributed by atoms with Crippen LogP contribution in [0.25, 0.3) is 0 Å². The highest BCUT2D eigenvalue weighted by Crippen LogP contribution is 2.29. The third-order valence-electron chi connectivity index (χ3n) is 4.75. The third kappa shape index (κ3) is 4.27. The molecule has 0 aromatic heterocycles. The SMILES string of the molecule is CCN(CCC(=O)OC)C(=O)CN1C(=O)NC(C)(c2ccc(C)cc2)C1=O. The van der Waals surface area contributed by atoms with Crippen molar-refractivity contribution in [2.75, 3.05) is 26.7 Å². The zero-order chi connectivity index (χ0) is 20.2. The molecule has 0 radical (unpaired) electrons. The minimum atomic E-state index is -1.21. The Hall–Kier alpha value is -2.90. The lowest BCUT2D eigenvalue weighted by Crippen LogP contribution is -2.45. The molecule has 1 unspecified atom stereocenters. The van der Waals surface area contributed by atoms with Crippen molar-refractivity contribution >= 4 is 23.8 Å². The van der Waals surface area contributed by atoms with Crippen LogP contribution in [0.2, 0.25) is 0 Å². The summed E-state index contributed by atoms with van der Waals surface area (Å²) in [6.07, 6.45) is 0.0529. The first-order valence-electron chi connectivity index (χ1n) is 8.78. The fourth-order valence-electron chi connectivity index (χ4n) is 2.95. The number of nitrogens with one attached hydrogen (secondary N) is 1. The van der Waals surface area contributed by atoms with Gasteiger partial charge in [0.1, 0.15) is 12.1 Å². The average Bonchev–Trinajstić information content (AvgIpc) is 2.86. The van der Waals surface area contributed by atoms with Crippen molar-refractivity contribution in [3.8, 4) is 0 Å². The van der Waals surface area contributed by atoms with Crippen LogP contribution in [0.1, 0.15) is 31.4 Å². The van der Waals surface area contributed by atoms with Crippen LogP contribution in [-0.4, -0.2) is 60.4 Å². The van der Waals surface area contributed by atoms with Gasteiger partial charge in [-0.2, -0.15) is 0 Å². The number of ether oxygens (including phenoxy) is 1. The summed E-state index contributed by atoms with van der Waals surface area (Å²) in [7, 11) is 1.28. The van der Waals surface area contributed by atoms with Crippen molar-refractivity contribution in [3.63, 3.8) is 0 Å². The van der Waals surface area contributed by atoms with Gasteiger partial charge in [-0.15, -0.1) is 0 Å². The number of nitrogens with zero attached hydrogens (tertiary/aromatic N) is 2. The maximum Gasteiger partial charge on any atom is 0.325 e. The molecule has 0 spiro atoms. The topological polar surface area (TPSA) is 96.0 Å². The number of carbonyl (C=O) groups is 4. The van der Waals surface area contributed by atoms with Gasteiger partial charge in [-0.25, -0.2) is 4.79 Å². The molecule has 1 aromatic rings. The Bertz CT molecular complexity index is 746. The van der Waals surface area contributed by atoms with Crippen molar-refractivity contribution in [1.29, 1.82) is 0 Å². The first kappa shape index (κ1) is 20.4. The van der Waals surface area contributed by atoms with Gasteiger partial charge in [0.25, 0.3) is 5.91 Å². The summed E-state index contributed by atoms with van der Waals surface area (Å²) in [6.45, 7) is 5.46. The largest absolute Gasteiger partial charge is 0.469 e. The van der Waals surface area contributed by atoms with Crippen molar-refractivity contribution < 1.29 is 23.9 Å². The number of benzene rings is 1. The van der Waals surface area contributed by atoms with E-state index in [0.29, 0.717) is 12.1 Å². The van der Waals surface area contributed by atoms with Gasteiger partial charge in [-0.1, -0.05) is 29.8 Å². The van der Waals surface area contributed by atoms with Gasteiger partial charge in [-0.05, 0) is 26.3 Å². The molecule has 0 bridgehead atoms. The standard InChI is InChI=1S/C19H25N3O5/c1-5-21(11-10-16(24)27-4)15(23)12-22-17(25)19(3,20-18(22)26)14-8-6-13(2)7-9-14/h6-9H,5,10-12H2,1-4H3,(H,20,26). The number of aryl methyl sites for hydroxylation is 1. The third-order valence-corrected chi connectivity index (χ3v) is 4.75. The lowest BCUT2D eigenvalue weighted by atomic mass is 9.91. The monoisotopic (exact) mass is 375 g/mol. The second kappa shape index (κ2) is 8.20. The zero-order valence-corrected chi connectivity index (χ0v) is 16.1. The van der Waals surface area contributed by atoms with Crippen molar-refractivity contribution in [2.45, 2.75) is 32.7 Å². The fourth-order valence-corrected chi connectivity index (χ4v) is 2.95. The minimum absolute atomic E-state index is 0.0529.